The van der Waals surface area contributed by atoms with E-state index in [0.717, 1.165) is 0 Å². The summed E-state index contributed by atoms with van der Waals surface area (Å²) in [5, 5.41) is 39.8. The Morgan fingerprint density at radius 3 is 2.61 bits per heavy atom. The molecule has 7 N–H and O–H groups in total. The van der Waals surface area contributed by atoms with Crippen LogP contribution < -0.4 is 11.1 Å². The van der Waals surface area contributed by atoms with Crippen LogP contribution >= 0.6 is 0 Å². The van der Waals surface area contributed by atoms with Gasteiger partial charge < -0.3 is 30.9 Å². The highest BCUT2D eigenvalue weighted by atomic mass is 16.4. The predicted molar refractivity (Wildman–Crippen MR) is 81.3 cm³/mol. The summed E-state index contributed by atoms with van der Waals surface area (Å²) in [6.45, 7) is 0.269. The van der Waals surface area contributed by atoms with Crippen molar-refractivity contribution < 1.29 is 29.9 Å². The molecule has 2 rings (SSSR count). The predicted octanol–water partition coefficient (Wildman–Crippen LogP) is -2.80. The zero-order chi connectivity index (χ0) is 17.3. The van der Waals surface area contributed by atoms with Gasteiger partial charge >= 0.3 is 13.1 Å². The third-order valence-corrected chi connectivity index (χ3v) is 5.17. The maximum absolute atomic E-state index is 12.2. The molecule has 1 amide bonds. The highest BCUT2D eigenvalue weighted by Gasteiger charge is 2.65. The molecule has 9 nitrogen and oxygen atoms in total. The molecule has 2 saturated heterocycles. The lowest BCUT2D eigenvalue weighted by Gasteiger charge is -2.35. The fourth-order valence-corrected chi connectivity index (χ4v) is 3.94. The first-order chi connectivity index (χ1) is 10.8. The highest BCUT2D eigenvalue weighted by Crippen LogP contribution is 2.49. The number of fused-ring (bicyclic) bond motifs is 1. The molecule has 0 aromatic rings. The standard InChI is InChI=1S/C13H24BN3O6/c15-9(6-18)10(19)17-7-12(2-1-4-14(22)23)3-5-16-13(12,8-17)11(20)21/h9,16,18,22-23H,1-8,15H2,(H,20,21)/t9?,12-,13-/m1/s1. The van der Waals surface area contributed by atoms with Crippen molar-refractivity contribution >= 4 is 19.0 Å². The summed E-state index contributed by atoms with van der Waals surface area (Å²) in [4.78, 5) is 25.6. The molecular formula is C13H24BN3O6. The molecular weight excluding hydrogens is 305 g/mol. The van der Waals surface area contributed by atoms with Crippen LogP contribution in [0.25, 0.3) is 0 Å². The number of hydrogen-bond acceptors (Lipinski definition) is 7. The number of nitrogens with two attached hydrogens (primary N) is 1. The number of hydrogen-bond donors (Lipinski definition) is 6. The molecule has 2 aliphatic heterocycles. The number of aliphatic carboxylic acids is 1. The van der Waals surface area contributed by atoms with Crippen molar-refractivity contribution in [1.82, 2.24) is 10.2 Å². The number of amides is 1. The fourth-order valence-electron chi connectivity index (χ4n) is 3.94. The summed E-state index contributed by atoms with van der Waals surface area (Å²) in [6.07, 6.45) is 1.64. The van der Waals surface area contributed by atoms with E-state index in [1.54, 1.807) is 0 Å². The van der Waals surface area contributed by atoms with Gasteiger partial charge in [-0.2, -0.15) is 0 Å². The molecule has 0 aromatic carbocycles. The van der Waals surface area contributed by atoms with Crippen LogP contribution in [0.1, 0.15) is 19.3 Å². The number of aliphatic hydroxyl groups excluding tert-OH is 1. The Bertz CT molecular complexity index is 479. The highest BCUT2D eigenvalue weighted by molar-refractivity contribution is 6.40. The Morgan fingerprint density at radius 2 is 2.04 bits per heavy atom. The van der Waals surface area contributed by atoms with Crippen molar-refractivity contribution in [3.8, 4) is 0 Å². The zero-order valence-electron chi connectivity index (χ0n) is 12.9. The van der Waals surface area contributed by atoms with E-state index in [4.69, 9.17) is 20.9 Å². The summed E-state index contributed by atoms with van der Waals surface area (Å²) >= 11 is 0. The number of carbonyl (C=O) groups excluding carboxylic acids is 1. The van der Waals surface area contributed by atoms with Gasteiger partial charge in [0.25, 0.3) is 0 Å². The topological polar surface area (TPSA) is 156 Å². The number of carbonyl (C=O) groups is 2. The minimum Gasteiger partial charge on any atom is -0.480 e. The molecule has 23 heavy (non-hydrogen) atoms. The number of likely N-dealkylation sites (tertiary alicyclic amines) is 1. The summed E-state index contributed by atoms with van der Waals surface area (Å²) in [6, 6.07) is -1.06. The van der Waals surface area contributed by atoms with Crippen molar-refractivity contribution in [3.63, 3.8) is 0 Å². The van der Waals surface area contributed by atoms with Crippen LogP contribution in [-0.4, -0.2) is 82.0 Å². The third-order valence-electron chi connectivity index (χ3n) is 5.17. The molecule has 1 unspecified atom stereocenters. The van der Waals surface area contributed by atoms with E-state index in [2.05, 4.69) is 5.32 Å². The smallest absolute Gasteiger partial charge is 0.451 e. The van der Waals surface area contributed by atoms with Gasteiger partial charge in [-0.3, -0.25) is 14.9 Å². The van der Waals surface area contributed by atoms with Crippen molar-refractivity contribution in [2.24, 2.45) is 11.1 Å². The lowest BCUT2D eigenvalue weighted by molar-refractivity contribution is -0.147. The van der Waals surface area contributed by atoms with E-state index in [0.29, 0.717) is 25.8 Å². The molecule has 2 aliphatic rings. The second kappa shape index (κ2) is 6.74. The second-order valence-corrected chi connectivity index (χ2v) is 6.52. The van der Waals surface area contributed by atoms with E-state index in [1.165, 1.54) is 4.90 Å². The Kier molecular flexibility index (Phi) is 5.32. The zero-order valence-corrected chi connectivity index (χ0v) is 12.9. The lowest BCUT2D eigenvalue weighted by atomic mass is 9.68. The van der Waals surface area contributed by atoms with Gasteiger partial charge in [-0.25, -0.2) is 0 Å². The SMILES string of the molecule is NC(CO)C(=O)N1C[C@@]2(CCCB(O)O)CCN[C@@]2(C(=O)O)C1. The van der Waals surface area contributed by atoms with E-state index in [1.807, 2.05) is 0 Å². The van der Waals surface area contributed by atoms with E-state index >= 15 is 0 Å². The normalized spacial score (nSPS) is 31.0. The van der Waals surface area contributed by atoms with Crippen LogP contribution in [0.4, 0.5) is 0 Å². The third kappa shape index (κ3) is 3.09. The summed E-state index contributed by atoms with van der Waals surface area (Å²) in [7, 11) is -1.43. The number of carboxylic acids is 1. The maximum Gasteiger partial charge on any atom is 0.451 e. The van der Waals surface area contributed by atoms with Crippen molar-refractivity contribution in [1.29, 1.82) is 0 Å². The number of aliphatic hydroxyl groups is 1. The van der Waals surface area contributed by atoms with E-state index < -0.39 is 42.6 Å². The molecule has 0 spiro atoms. The van der Waals surface area contributed by atoms with Crippen LogP contribution in [0.3, 0.4) is 0 Å². The molecule has 0 aliphatic carbocycles. The van der Waals surface area contributed by atoms with Crippen LogP contribution in [0.5, 0.6) is 0 Å². The van der Waals surface area contributed by atoms with E-state index in [9.17, 15) is 14.7 Å². The minimum atomic E-state index is -1.43. The Morgan fingerprint density at radius 1 is 1.35 bits per heavy atom. The molecule has 0 aromatic heterocycles. The molecule has 2 heterocycles. The first kappa shape index (κ1) is 18.1. The first-order valence-electron chi connectivity index (χ1n) is 7.78. The summed E-state index contributed by atoms with van der Waals surface area (Å²) < 4.78 is 0. The second-order valence-electron chi connectivity index (χ2n) is 6.52. The van der Waals surface area contributed by atoms with E-state index in [-0.39, 0.29) is 19.4 Å². The number of carboxylic acid groups (broad SMARTS) is 1. The maximum atomic E-state index is 12.2. The average molecular weight is 329 g/mol. The number of nitrogens with zero attached hydrogens (tertiary/aromatic N) is 1. The summed E-state index contributed by atoms with van der Waals surface area (Å²) in [5.74, 6) is -1.49. The van der Waals surface area contributed by atoms with Crippen molar-refractivity contribution in [3.05, 3.63) is 0 Å². The summed E-state index contributed by atoms with van der Waals surface area (Å²) in [5.41, 5.74) is 3.65. The quantitative estimate of drug-likeness (QED) is 0.274. The van der Waals surface area contributed by atoms with Gasteiger partial charge in [-0.05, 0) is 25.7 Å². The van der Waals surface area contributed by atoms with Gasteiger partial charge in [0, 0.05) is 12.0 Å². The van der Waals surface area contributed by atoms with Gasteiger partial charge in [-0.1, -0.05) is 6.42 Å². The number of rotatable bonds is 7. The van der Waals surface area contributed by atoms with Crippen molar-refractivity contribution in [2.45, 2.75) is 37.2 Å². The molecule has 0 saturated carbocycles. The fraction of sp³-hybridized carbons (Fsp3) is 0.846. The van der Waals surface area contributed by atoms with Crippen LogP contribution in [0, 0.1) is 5.41 Å². The van der Waals surface area contributed by atoms with Crippen LogP contribution in [0.15, 0.2) is 0 Å². The van der Waals surface area contributed by atoms with Gasteiger partial charge in [0.05, 0.1) is 13.2 Å². The largest absolute Gasteiger partial charge is 0.480 e. The minimum absolute atomic E-state index is 0.00343. The van der Waals surface area contributed by atoms with Crippen LogP contribution in [-0.2, 0) is 9.59 Å². The Balaban J connectivity index is 2.22. The van der Waals surface area contributed by atoms with Gasteiger partial charge in [0.2, 0.25) is 5.91 Å². The molecule has 2 fully saturated rings. The monoisotopic (exact) mass is 329 g/mol. The van der Waals surface area contributed by atoms with Gasteiger partial charge in [0.15, 0.2) is 0 Å². The van der Waals surface area contributed by atoms with Gasteiger partial charge in [0.1, 0.15) is 11.6 Å². The first-order valence-corrected chi connectivity index (χ1v) is 7.78. The van der Waals surface area contributed by atoms with Crippen molar-refractivity contribution in [2.75, 3.05) is 26.2 Å². The number of nitrogens with one attached hydrogen (secondary N) is 1. The average Bonchev–Trinajstić information content (AvgIpc) is 2.98. The molecule has 0 radical (unpaired) electrons. The molecule has 10 heteroatoms. The Hall–Kier alpha value is -1.20. The van der Waals surface area contributed by atoms with Crippen LogP contribution in [0.2, 0.25) is 6.32 Å². The molecule has 3 atom stereocenters. The van der Waals surface area contributed by atoms with Gasteiger partial charge in [-0.15, -0.1) is 0 Å². The molecule has 130 valence electrons. The molecule has 0 bridgehead atoms. The Labute approximate surface area is 134 Å². The lowest BCUT2D eigenvalue weighted by Crippen LogP contribution is -2.58.